The van der Waals surface area contributed by atoms with E-state index in [2.05, 4.69) is 10.4 Å². The minimum atomic E-state index is -0.520. The Kier molecular flexibility index (Phi) is 4.70. The first-order valence-electron chi connectivity index (χ1n) is 8.84. The summed E-state index contributed by atoms with van der Waals surface area (Å²) < 4.78 is 15.9. The number of rotatable bonds is 4. The van der Waals surface area contributed by atoms with Crippen molar-refractivity contribution in [1.29, 1.82) is 0 Å². The zero-order valence-electron chi connectivity index (χ0n) is 14.8. The molecule has 1 fully saturated rings. The first-order chi connectivity index (χ1) is 13.0. The second-order valence-electron chi connectivity index (χ2n) is 6.99. The highest BCUT2D eigenvalue weighted by Gasteiger charge is 2.32. The van der Waals surface area contributed by atoms with Crippen molar-refractivity contribution in [3.63, 3.8) is 0 Å². The number of nitrogens with one attached hydrogen (secondary N) is 1. The minimum Gasteiger partial charge on any atom is -0.349 e. The zero-order chi connectivity index (χ0) is 19.0. The number of amides is 1. The molecule has 138 valence electrons. The van der Waals surface area contributed by atoms with Gasteiger partial charge in [0.05, 0.1) is 11.8 Å². The Morgan fingerprint density at radius 3 is 2.59 bits per heavy atom. The van der Waals surface area contributed by atoms with Crippen molar-refractivity contribution >= 4 is 17.5 Å². The third-order valence-electron chi connectivity index (χ3n) is 5.06. The Labute approximate surface area is 162 Å². The van der Waals surface area contributed by atoms with Gasteiger partial charge in [-0.2, -0.15) is 5.10 Å². The number of nitrogens with zero attached hydrogens (tertiary/aromatic N) is 2. The van der Waals surface area contributed by atoms with Crippen molar-refractivity contribution in [2.24, 2.45) is 7.05 Å². The summed E-state index contributed by atoms with van der Waals surface area (Å²) in [5.74, 6) is -0.495. The van der Waals surface area contributed by atoms with E-state index in [4.69, 9.17) is 11.6 Å². The molecule has 1 amide bonds. The minimum absolute atomic E-state index is 0.0552. The molecule has 3 aromatic rings. The smallest absolute Gasteiger partial charge is 0.254 e. The number of hydrogen-bond acceptors (Lipinski definition) is 2. The van der Waals surface area contributed by atoms with Crippen molar-refractivity contribution < 1.29 is 9.18 Å². The van der Waals surface area contributed by atoms with E-state index in [0.29, 0.717) is 10.9 Å². The lowest BCUT2D eigenvalue weighted by Gasteiger charge is -2.36. The SMILES string of the molecule is Cn1cc(-c2ccc(F)c(C(=O)NC3CC(c4ccc(Cl)cc4)C3)c2)cn1. The molecule has 1 aliphatic rings. The summed E-state index contributed by atoms with van der Waals surface area (Å²) in [5, 5.41) is 7.77. The quantitative estimate of drug-likeness (QED) is 0.718. The molecule has 2 aromatic carbocycles. The summed E-state index contributed by atoms with van der Waals surface area (Å²) in [6.07, 6.45) is 5.21. The van der Waals surface area contributed by atoms with Crippen molar-refractivity contribution in [3.05, 3.63) is 76.8 Å². The van der Waals surface area contributed by atoms with E-state index in [1.807, 2.05) is 37.5 Å². The van der Waals surface area contributed by atoms with E-state index in [1.54, 1.807) is 23.0 Å². The van der Waals surface area contributed by atoms with Gasteiger partial charge in [0.2, 0.25) is 0 Å². The molecule has 0 unspecified atom stereocenters. The van der Waals surface area contributed by atoms with Crippen LogP contribution < -0.4 is 5.32 Å². The molecule has 0 atom stereocenters. The van der Waals surface area contributed by atoms with Crippen LogP contribution in [0.15, 0.2) is 54.9 Å². The average Bonchev–Trinajstić information content (AvgIpc) is 3.05. The van der Waals surface area contributed by atoms with Crippen LogP contribution in [-0.4, -0.2) is 21.7 Å². The Bertz CT molecular complexity index is 977. The molecule has 1 N–H and O–H groups in total. The molecule has 0 saturated heterocycles. The van der Waals surface area contributed by atoms with E-state index in [9.17, 15) is 9.18 Å². The zero-order valence-corrected chi connectivity index (χ0v) is 15.6. The number of aromatic nitrogens is 2. The standard InChI is InChI=1S/C21H19ClFN3O/c1-26-12-16(11-24-26)14-4-7-20(23)19(10-14)21(27)25-18-8-15(9-18)13-2-5-17(22)6-3-13/h2-7,10-12,15,18H,8-9H2,1H3,(H,25,27). The fraction of sp³-hybridized carbons (Fsp3) is 0.238. The second kappa shape index (κ2) is 7.16. The number of carbonyl (C=O) groups excluding carboxylic acids is 1. The highest BCUT2D eigenvalue weighted by molar-refractivity contribution is 6.30. The van der Waals surface area contributed by atoms with Crippen molar-refractivity contribution in [2.75, 3.05) is 0 Å². The van der Waals surface area contributed by atoms with Crippen LogP contribution >= 0.6 is 11.6 Å². The molecule has 4 rings (SSSR count). The van der Waals surface area contributed by atoms with Gasteiger partial charge in [-0.3, -0.25) is 9.48 Å². The third kappa shape index (κ3) is 3.74. The van der Waals surface area contributed by atoms with Gasteiger partial charge in [0.15, 0.2) is 0 Å². The Balaban J connectivity index is 1.42. The van der Waals surface area contributed by atoms with Gasteiger partial charge in [0, 0.05) is 29.9 Å². The van der Waals surface area contributed by atoms with Crippen LogP contribution in [0.4, 0.5) is 4.39 Å². The number of halogens is 2. The van der Waals surface area contributed by atoms with Gasteiger partial charge in [-0.15, -0.1) is 0 Å². The summed E-state index contributed by atoms with van der Waals surface area (Å²) in [4.78, 5) is 12.6. The maximum atomic E-state index is 14.2. The first-order valence-corrected chi connectivity index (χ1v) is 9.22. The van der Waals surface area contributed by atoms with E-state index < -0.39 is 5.82 Å². The monoisotopic (exact) mass is 383 g/mol. The van der Waals surface area contributed by atoms with Crippen LogP contribution in [0.3, 0.4) is 0 Å². The molecule has 1 aromatic heterocycles. The first kappa shape index (κ1) is 17.7. The lowest BCUT2D eigenvalue weighted by atomic mass is 9.76. The summed E-state index contributed by atoms with van der Waals surface area (Å²) in [7, 11) is 1.81. The number of aryl methyl sites for hydroxylation is 1. The Morgan fingerprint density at radius 2 is 1.93 bits per heavy atom. The van der Waals surface area contributed by atoms with Gasteiger partial charge in [0.1, 0.15) is 5.82 Å². The fourth-order valence-electron chi connectivity index (χ4n) is 3.46. The summed E-state index contributed by atoms with van der Waals surface area (Å²) >= 11 is 5.92. The van der Waals surface area contributed by atoms with Crippen molar-refractivity contribution in [2.45, 2.75) is 24.8 Å². The number of benzene rings is 2. The van der Waals surface area contributed by atoms with Gasteiger partial charge in [-0.05, 0) is 54.2 Å². The highest BCUT2D eigenvalue weighted by Crippen LogP contribution is 2.37. The molecule has 0 aliphatic heterocycles. The van der Waals surface area contributed by atoms with Gasteiger partial charge in [-0.25, -0.2) is 4.39 Å². The molecule has 27 heavy (non-hydrogen) atoms. The van der Waals surface area contributed by atoms with E-state index in [0.717, 1.165) is 24.0 Å². The van der Waals surface area contributed by atoms with Gasteiger partial charge in [-0.1, -0.05) is 29.8 Å². The molecular weight excluding hydrogens is 365 g/mol. The molecular formula is C21H19ClFN3O. The lowest BCUT2D eigenvalue weighted by Crippen LogP contribution is -2.43. The van der Waals surface area contributed by atoms with Crippen LogP contribution in [0.5, 0.6) is 0 Å². The topological polar surface area (TPSA) is 46.9 Å². The van der Waals surface area contributed by atoms with Crippen LogP contribution in [0.25, 0.3) is 11.1 Å². The molecule has 0 radical (unpaired) electrons. The molecule has 0 bridgehead atoms. The molecule has 1 saturated carbocycles. The number of hydrogen-bond donors (Lipinski definition) is 1. The predicted molar refractivity (Wildman–Crippen MR) is 103 cm³/mol. The average molecular weight is 384 g/mol. The molecule has 1 aliphatic carbocycles. The summed E-state index contributed by atoms with van der Waals surface area (Å²) in [5.41, 5.74) is 2.89. The van der Waals surface area contributed by atoms with E-state index in [-0.39, 0.29) is 17.5 Å². The lowest BCUT2D eigenvalue weighted by molar-refractivity contribution is 0.0905. The molecule has 6 heteroatoms. The normalized spacial score (nSPS) is 18.8. The molecule has 0 spiro atoms. The van der Waals surface area contributed by atoms with Crippen molar-refractivity contribution in [1.82, 2.24) is 15.1 Å². The van der Waals surface area contributed by atoms with E-state index >= 15 is 0 Å². The molecule has 4 nitrogen and oxygen atoms in total. The number of carbonyl (C=O) groups is 1. The van der Waals surface area contributed by atoms with Crippen LogP contribution in [0.2, 0.25) is 5.02 Å². The summed E-state index contributed by atoms with van der Waals surface area (Å²) in [6, 6.07) is 12.4. The van der Waals surface area contributed by atoms with Crippen LogP contribution in [0.1, 0.15) is 34.7 Å². The molecule has 1 heterocycles. The third-order valence-corrected chi connectivity index (χ3v) is 5.32. The fourth-order valence-corrected chi connectivity index (χ4v) is 3.58. The van der Waals surface area contributed by atoms with E-state index in [1.165, 1.54) is 11.6 Å². The predicted octanol–water partition coefficient (Wildman–Crippen LogP) is 4.56. The van der Waals surface area contributed by atoms with Gasteiger partial charge < -0.3 is 5.32 Å². The second-order valence-corrected chi connectivity index (χ2v) is 7.42. The maximum absolute atomic E-state index is 14.2. The summed E-state index contributed by atoms with van der Waals surface area (Å²) in [6.45, 7) is 0. The van der Waals surface area contributed by atoms with Gasteiger partial charge in [0.25, 0.3) is 5.91 Å². The highest BCUT2D eigenvalue weighted by atomic mass is 35.5. The van der Waals surface area contributed by atoms with Crippen molar-refractivity contribution in [3.8, 4) is 11.1 Å². The largest absolute Gasteiger partial charge is 0.349 e. The Hall–Kier alpha value is -2.66. The Morgan fingerprint density at radius 1 is 1.19 bits per heavy atom. The van der Waals surface area contributed by atoms with Crippen LogP contribution in [-0.2, 0) is 7.05 Å². The maximum Gasteiger partial charge on any atom is 0.254 e. The van der Waals surface area contributed by atoms with Gasteiger partial charge >= 0.3 is 0 Å². The van der Waals surface area contributed by atoms with Crippen LogP contribution in [0, 0.1) is 5.82 Å².